The molecule has 0 aromatic heterocycles. The van der Waals surface area contributed by atoms with Gasteiger partial charge in [0.05, 0.1) is 0 Å². The lowest BCUT2D eigenvalue weighted by Crippen LogP contribution is -2.38. The maximum absolute atomic E-state index is 12.2. The Hall–Kier alpha value is -2.08. The SMILES string of the molecule is O=C(C(=O)N1CCCNCC1)c1ccc2c(c1)OCO2. The van der Waals surface area contributed by atoms with Crippen molar-refractivity contribution < 1.29 is 19.1 Å². The third-order valence-electron chi connectivity index (χ3n) is 3.46. The van der Waals surface area contributed by atoms with Gasteiger partial charge in [0.2, 0.25) is 6.79 Å². The maximum Gasteiger partial charge on any atom is 0.295 e. The van der Waals surface area contributed by atoms with Crippen molar-refractivity contribution in [3.05, 3.63) is 23.8 Å². The van der Waals surface area contributed by atoms with Gasteiger partial charge in [-0.15, -0.1) is 0 Å². The number of hydrogen-bond donors (Lipinski definition) is 1. The number of nitrogens with one attached hydrogen (secondary N) is 1. The van der Waals surface area contributed by atoms with E-state index in [1.165, 1.54) is 0 Å². The first kappa shape index (κ1) is 12.9. The van der Waals surface area contributed by atoms with E-state index < -0.39 is 11.7 Å². The van der Waals surface area contributed by atoms with Crippen LogP contribution in [-0.4, -0.2) is 49.6 Å². The predicted octanol–water partition coefficient (Wildman–Crippen LogP) is 0.420. The van der Waals surface area contributed by atoms with E-state index in [4.69, 9.17) is 9.47 Å². The highest BCUT2D eigenvalue weighted by Crippen LogP contribution is 2.32. The average molecular weight is 276 g/mol. The summed E-state index contributed by atoms with van der Waals surface area (Å²) in [5.41, 5.74) is 0.344. The van der Waals surface area contributed by atoms with Crippen LogP contribution in [0.2, 0.25) is 0 Å². The Morgan fingerprint density at radius 3 is 2.85 bits per heavy atom. The molecule has 1 amide bonds. The summed E-state index contributed by atoms with van der Waals surface area (Å²) in [6.07, 6.45) is 0.861. The molecule has 0 radical (unpaired) electrons. The first-order chi connectivity index (χ1) is 9.75. The van der Waals surface area contributed by atoms with Crippen molar-refractivity contribution in [2.45, 2.75) is 6.42 Å². The van der Waals surface area contributed by atoms with Gasteiger partial charge in [0.25, 0.3) is 11.7 Å². The topological polar surface area (TPSA) is 67.9 Å². The lowest BCUT2D eigenvalue weighted by Gasteiger charge is -2.18. The van der Waals surface area contributed by atoms with Gasteiger partial charge in [-0.3, -0.25) is 9.59 Å². The fraction of sp³-hybridized carbons (Fsp3) is 0.429. The monoisotopic (exact) mass is 276 g/mol. The number of carbonyl (C=O) groups excluding carboxylic acids is 2. The summed E-state index contributed by atoms with van der Waals surface area (Å²) in [5.74, 6) is 0.173. The molecule has 106 valence electrons. The molecule has 6 nitrogen and oxygen atoms in total. The van der Waals surface area contributed by atoms with Crippen molar-refractivity contribution in [1.29, 1.82) is 0 Å². The highest BCUT2D eigenvalue weighted by molar-refractivity contribution is 6.42. The fourth-order valence-electron chi connectivity index (χ4n) is 2.35. The minimum absolute atomic E-state index is 0.152. The lowest BCUT2D eigenvalue weighted by molar-refractivity contribution is -0.126. The van der Waals surface area contributed by atoms with Gasteiger partial charge in [-0.25, -0.2) is 0 Å². The van der Waals surface area contributed by atoms with Crippen LogP contribution in [0.4, 0.5) is 0 Å². The molecular weight excluding hydrogens is 260 g/mol. The summed E-state index contributed by atoms with van der Waals surface area (Å²) in [4.78, 5) is 26.1. The second-order valence-corrected chi connectivity index (χ2v) is 4.79. The summed E-state index contributed by atoms with van der Waals surface area (Å²) < 4.78 is 10.4. The molecule has 2 aliphatic heterocycles. The summed E-state index contributed by atoms with van der Waals surface area (Å²) in [6, 6.07) is 4.83. The summed E-state index contributed by atoms with van der Waals surface area (Å²) >= 11 is 0. The van der Waals surface area contributed by atoms with E-state index in [0.717, 1.165) is 19.5 Å². The van der Waals surface area contributed by atoms with E-state index in [-0.39, 0.29) is 6.79 Å². The van der Waals surface area contributed by atoms with Crippen LogP contribution in [0.25, 0.3) is 0 Å². The molecule has 3 rings (SSSR count). The van der Waals surface area contributed by atoms with Crippen molar-refractivity contribution in [3.8, 4) is 11.5 Å². The number of fused-ring (bicyclic) bond motifs is 1. The number of carbonyl (C=O) groups is 2. The van der Waals surface area contributed by atoms with Gasteiger partial charge in [0, 0.05) is 25.2 Å². The van der Waals surface area contributed by atoms with Crippen molar-refractivity contribution >= 4 is 11.7 Å². The fourth-order valence-corrected chi connectivity index (χ4v) is 2.35. The van der Waals surface area contributed by atoms with Crippen LogP contribution in [0, 0.1) is 0 Å². The zero-order valence-electron chi connectivity index (χ0n) is 11.1. The normalized spacial score (nSPS) is 17.7. The molecule has 1 aromatic carbocycles. The van der Waals surface area contributed by atoms with E-state index in [9.17, 15) is 9.59 Å². The van der Waals surface area contributed by atoms with Crippen LogP contribution in [0.3, 0.4) is 0 Å². The number of hydrogen-bond acceptors (Lipinski definition) is 5. The zero-order chi connectivity index (χ0) is 13.9. The number of ketones is 1. The quantitative estimate of drug-likeness (QED) is 0.626. The van der Waals surface area contributed by atoms with Crippen molar-refractivity contribution in [3.63, 3.8) is 0 Å². The number of amides is 1. The maximum atomic E-state index is 12.2. The Kier molecular flexibility index (Phi) is 3.56. The van der Waals surface area contributed by atoms with Gasteiger partial charge >= 0.3 is 0 Å². The predicted molar refractivity (Wildman–Crippen MR) is 71.0 cm³/mol. The van der Waals surface area contributed by atoms with E-state index in [1.807, 2.05) is 0 Å². The average Bonchev–Trinajstić information content (AvgIpc) is 2.77. The third-order valence-corrected chi connectivity index (χ3v) is 3.46. The number of Topliss-reactive ketones (excluding diaryl/α,β-unsaturated/α-hetero) is 1. The molecule has 6 heteroatoms. The second kappa shape index (κ2) is 5.50. The minimum Gasteiger partial charge on any atom is -0.454 e. The molecular formula is C14H16N2O4. The molecule has 1 aromatic rings. The van der Waals surface area contributed by atoms with Crippen LogP contribution >= 0.6 is 0 Å². The van der Waals surface area contributed by atoms with Crippen molar-refractivity contribution in [2.75, 3.05) is 33.0 Å². The van der Waals surface area contributed by atoms with E-state index in [2.05, 4.69) is 5.32 Å². The smallest absolute Gasteiger partial charge is 0.295 e. The number of ether oxygens (including phenoxy) is 2. The van der Waals surface area contributed by atoms with Crippen LogP contribution < -0.4 is 14.8 Å². The van der Waals surface area contributed by atoms with Gasteiger partial charge in [-0.1, -0.05) is 0 Å². The minimum atomic E-state index is -0.495. The third kappa shape index (κ3) is 2.46. The molecule has 0 spiro atoms. The Morgan fingerprint density at radius 2 is 1.95 bits per heavy atom. The molecule has 0 atom stereocenters. The first-order valence-corrected chi connectivity index (χ1v) is 6.70. The van der Waals surface area contributed by atoms with Crippen LogP contribution in [0.1, 0.15) is 16.8 Å². The number of rotatable bonds is 2. The summed E-state index contributed by atoms with van der Waals surface area (Å²) in [6.45, 7) is 2.93. The molecule has 0 unspecified atom stereocenters. The molecule has 0 saturated carbocycles. The molecule has 1 N–H and O–H groups in total. The zero-order valence-corrected chi connectivity index (χ0v) is 11.1. The Morgan fingerprint density at radius 1 is 1.10 bits per heavy atom. The summed E-state index contributed by atoms with van der Waals surface area (Å²) in [5, 5.41) is 3.20. The largest absolute Gasteiger partial charge is 0.454 e. The Labute approximate surface area is 116 Å². The first-order valence-electron chi connectivity index (χ1n) is 6.70. The summed E-state index contributed by atoms with van der Waals surface area (Å²) in [7, 11) is 0. The van der Waals surface area contributed by atoms with Crippen LogP contribution in [0.5, 0.6) is 11.5 Å². The standard InChI is InChI=1S/C14H16N2O4/c17-13(14(18)16-6-1-4-15-5-7-16)10-2-3-11-12(8-10)20-9-19-11/h2-3,8,15H,1,4-7,9H2. The van der Waals surface area contributed by atoms with Gasteiger partial charge in [-0.05, 0) is 31.2 Å². The van der Waals surface area contributed by atoms with Gasteiger partial charge < -0.3 is 19.7 Å². The Bertz CT molecular complexity index is 536. The van der Waals surface area contributed by atoms with E-state index >= 15 is 0 Å². The molecule has 0 aliphatic carbocycles. The van der Waals surface area contributed by atoms with Gasteiger partial charge in [0.1, 0.15) is 0 Å². The van der Waals surface area contributed by atoms with E-state index in [1.54, 1.807) is 23.1 Å². The van der Waals surface area contributed by atoms with Crippen LogP contribution in [0.15, 0.2) is 18.2 Å². The van der Waals surface area contributed by atoms with Gasteiger partial charge in [0.15, 0.2) is 11.5 Å². The molecule has 2 aliphatic rings. The number of benzene rings is 1. The molecule has 1 saturated heterocycles. The molecule has 20 heavy (non-hydrogen) atoms. The molecule has 0 bridgehead atoms. The highest BCUT2D eigenvalue weighted by Gasteiger charge is 2.25. The lowest BCUT2D eigenvalue weighted by atomic mass is 10.1. The Balaban J connectivity index is 1.76. The van der Waals surface area contributed by atoms with Crippen LogP contribution in [-0.2, 0) is 4.79 Å². The van der Waals surface area contributed by atoms with Crippen molar-refractivity contribution in [1.82, 2.24) is 10.2 Å². The van der Waals surface area contributed by atoms with Crippen molar-refractivity contribution in [2.24, 2.45) is 0 Å². The second-order valence-electron chi connectivity index (χ2n) is 4.79. The van der Waals surface area contributed by atoms with Gasteiger partial charge in [-0.2, -0.15) is 0 Å². The molecule has 2 heterocycles. The molecule has 1 fully saturated rings. The highest BCUT2D eigenvalue weighted by atomic mass is 16.7. The number of nitrogens with zero attached hydrogens (tertiary/aromatic N) is 1. The van der Waals surface area contributed by atoms with E-state index in [0.29, 0.717) is 30.2 Å².